The maximum atomic E-state index is 2.29. The van der Waals surface area contributed by atoms with Crippen molar-refractivity contribution in [3.8, 4) is 19.3 Å². The number of benzene rings is 3. The van der Waals surface area contributed by atoms with Crippen LogP contribution in [-0.2, 0) is 0 Å². The van der Waals surface area contributed by atoms with Crippen molar-refractivity contribution < 1.29 is 0 Å². The summed E-state index contributed by atoms with van der Waals surface area (Å²) < 4.78 is 3.04. The minimum atomic E-state index is 0.332. The van der Waals surface area contributed by atoms with E-state index in [1.54, 1.807) is 0 Å². The van der Waals surface area contributed by atoms with E-state index in [2.05, 4.69) is 84.2 Å². The molecule has 2 heteroatoms. The van der Waals surface area contributed by atoms with E-state index in [0.717, 1.165) is 0 Å². The third kappa shape index (κ3) is 2.19. The van der Waals surface area contributed by atoms with Crippen LogP contribution in [0.4, 0.5) is 0 Å². The number of hydrogen-bond acceptors (Lipinski definition) is 1. The second-order valence-electron chi connectivity index (χ2n) is 5.81. The molecule has 0 nitrogen and oxygen atoms in total. The Kier molecular flexibility index (Phi) is 3.41. The third-order valence-electron chi connectivity index (χ3n) is 4.40. The Hall–Kier alpha value is -2.12. The van der Waals surface area contributed by atoms with Crippen LogP contribution in [0.25, 0.3) is 40.9 Å². The van der Waals surface area contributed by atoms with Gasteiger partial charge in [-0.15, -0.1) is 0 Å². The van der Waals surface area contributed by atoms with E-state index in [1.807, 2.05) is 11.3 Å². The van der Waals surface area contributed by atoms with Gasteiger partial charge in [0.05, 0.1) is 0 Å². The summed E-state index contributed by atoms with van der Waals surface area (Å²) in [6.45, 7) is 0. The van der Waals surface area contributed by atoms with Gasteiger partial charge in [0.2, 0.25) is 0 Å². The standard InChI is InChI=1S/C22H14SSe/c1-2-9-16-15(7-1)8-5-12-17(16)21-18-10-3-4-11-19(18)22(24-21)20-13-6-14-23-20/h1-14H. The van der Waals surface area contributed by atoms with E-state index < -0.39 is 0 Å². The molecule has 5 rings (SSSR count). The van der Waals surface area contributed by atoms with Crippen LogP contribution in [0, 0.1) is 0 Å². The second-order valence-corrected chi connectivity index (χ2v) is 8.90. The Bertz CT molecular complexity index is 1140. The topological polar surface area (TPSA) is 0 Å². The summed E-state index contributed by atoms with van der Waals surface area (Å²) in [5.41, 5.74) is 1.40. The molecule has 0 fully saturated rings. The van der Waals surface area contributed by atoms with Crippen LogP contribution in [-0.4, -0.2) is 14.5 Å². The molecule has 0 atom stereocenters. The second kappa shape index (κ2) is 5.75. The van der Waals surface area contributed by atoms with Gasteiger partial charge in [-0.2, -0.15) is 0 Å². The molecule has 0 saturated carbocycles. The van der Waals surface area contributed by atoms with Gasteiger partial charge >= 0.3 is 151 Å². The van der Waals surface area contributed by atoms with E-state index in [9.17, 15) is 0 Å². The summed E-state index contributed by atoms with van der Waals surface area (Å²) >= 11 is 2.18. The molecule has 3 aromatic carbocycles. The zero-order chi connectivity index (χ0) is 15.9. The van der Waals surface area contributed by atoms with Crippen molar-refractivity contribution in [3.05, 3.63) is 84.2 Å². The van der Waals surface area contributed by atoms with E-state index >= 15 is 0 Å². The van der Waals surface area contributed by atoms with Gasteiger partial charge < -0.3 is 0 Å². The monoisotopic (exact) mass is 390 g/mol. The molecule has 2 aromatic heterocycles. The summed E-state index contributed by atoms with van der Waals surface area (Å²) in [6.07, 6.45) is 0. The van der Waals surface area contributed by atoms with E-state index in [1.165, 1.54) is 40.9 Å². The van der Waals surface area contributed by atoms with Gasteiger partial charge in [0.25, 0.3) is 0 Å². The van der Waals surface area contributed by atoms with Gasteiger partial charge in [-0.25, -0.2) is 0 Å². The number of rotatable bonds is 2. The Labute approximate surface area is 150 Å². The Balaban J connectivity index is 1.87. The molecule has 5 aromatic rings. The van der Waals surface area contributed by atoms with Crippen molar-refractivity contribution in [2.45, 2.75) is 0 Å². The maximum absolute atomic E-state index is 2.29. The van der Waals surface area contributed by atoms with Crippen molar-refractivity contribution in [1.29, 1.82) is 0 Å². The normalized spacial score (nSPS) is 11.3. The summed E-state index contributed by atoms with van der Waals surface area (Å²) in [5, 5.41) is 7.69. The number of hydrogen-bond donors (Lipinski definition) is 0. The van der Waals surface area contributed by atoms with E-state index in [0.29, 0.717) is 14.5 Å². The first-order chi connectivity index (χ1) is 11.9. The van der Waals surface area contributed by atoms with E-state index in [4.69, 9.17) is 0 Å². The molecule has 0 aliphatic carbocycles. The predicted octanol–water partition coefficient (Wildman–Crippen LogP) is 6.45. The fourth-order valence-electron chi connectivity index (χ4n) is 3.31. The summed E-state index contributed by atoms with van der Waals surface area (Å²) in [7, 11) is 0. The molecule has 0 unspecified atom stereocenters. The van der Waals surface area contributed by atoms with Gasteiger partial charge in [-0.05, 0) is 0 Å². The summed E-state index contributed by atoms with van der Waals surface area (Å²) in [5.74, 6) is 0. The molecule has 24 heavy (non-hydrogen) atoms. The average Bonchev–Trinajstić information content (AvgIpc) is 3.29. The van der Waals surface area contributed by atoms with Crippen molar-refractivity contribution in [3.63, 3.8) is 0 Å². The van der Waals surface area contributed by atoms with Crippen LogP contribution >= 0.6 is 11.3 Å². The van der Waals surface area contributed by atoms with Gasteiger partial charge in [-0.3, -0.25) is 0 Å². The van der Waals surface area contributed by atoms with Crippen LogP contribution in [0.2, 0.25) is 0 Å². The molecule has 0 aliphatic rings. The van der Waals surface area contributed by atoms with Crippen LogP contribution in [0.5, 0.6) is 0 Å². The van der Waals surface area contributed by atoms with Gasteiger partial charge in [-0.1, -0.05) is 0 Å². The summed E-state index contributed by atoms with van der Waals surface area (Å²) in [4.78, 5) is 1.41. The van der Waals surface area contributed by atoms with Gasteiger partial charge in [0.15, 0.2) is 0 Å². The Morgan fingerprint density at radius 1 is 0.583 bits per heavy atom. The van der Waals surface area contributed by atoms with Gasteiger partial charge in [0, 0.05) is 0 Å². The number of thiophene rings is 1. The first-order valence-electron chi connectivity index (χ1n) is 7.95. The van der Waals surface area contributed by atoms with Crippen molar-refractivity contribution in [1.82, 2.24) is 0 Å². The fraction of sp³-hybridized carbons (Fsp3) is 0. The molecular weight excluding hydrogens is 375 g/mol. The molecule has 0 N–H and O–H groups in total. The van der Waals surface area contributed by atoms with Crippen LogP contribution in [0.3, 0.4) is 0 Å². The van der Waals surface area contributed by atoms with Crippen molar-refractivity contribution >= 4 is 47.4 Å². The molecule has 0 radical (unpaired) electrons. The summed E-state index contributed by atoms with van der Waals surface area (Å²) in [6, 6.07) is 28.7. The molecule has 114 valence electrons. The first-order valence-corrected chi connectivity index (χ1v) is 10.5. The van der Waals surface area contributed by atoms with Gasteiger partial charge in [0.1, 0.15) is 0 Å². The average molecular weight is 389 g/mol. The van der Waals surface area contributed by atoms with Crippen LogP contribution in [0.1, 0.15) is 0 Å². The zero-order valence-electron chi connectivity index (χ0n) is 12.9. The molecule has 2 heterocycles. The van der Waals surface area contributed by atoms with Crippen LogP contribution < -0.4 is 0 Å². The van der Waals surface area contributed by atoms with Crippen molar-refractivity contribution in [2.75, 3.05) is 0 Å². The minimum absolute atomic E-state index is 0.332. The fourth-order valence-corrected chi connectivity index (χ4v) is 7.10. The Morgan fingerprint density at radius 2 is 1.29 bits per heavy atom. The SMILES string of the molecule is c1csc(-c2[se]c(-c3cccc4ccccc34)c3ccccc23)c1. The Morgan fingerprint density at radius 3 is 2.08 bits per heavy atom. The first kappa shape index (κ1) is 14.2. The molecule has 0 spiro atoms. The van der Waals surface area contributed by atoms with Crippen molar-refractivity contribution in [2.24, 2.45) is 0 Å². The molecule has 0 aliphatic heterocycles. The molecular formula is C22H14SSe. The molecule has 0 bridgehead atoms. The molecule has 0 amide bonds. The van der Waals surface area contributed by atoms with Crippen LogP contribution in [0.15, 0.2) is 84.2 Å². The quantitative estimate of drug-likeness (QED) is 0.305. The molecule has 0 saturated heterocycles. The third-order valence-corrected chi connectivity index (χ3v) is 8.28. The number of fused-ring (bicyclic) bond motifs is 2. The van der Waals surface area contributed by atoms with E-state index in [-0.39, 0.29) is 0 Å². The zero-order valence-corrected chi connectivity index (χ0v) is 15.4. The predicted molar refractivity (Wildman–Crippen MR) is 107 cm³/mol.